The Bertz CT molecular complexity index is 307. The quantitative estimate of drug-likeness (QED) is 0.747. The van der Waals surface area contributed by atoms with E-state index >= 15 is 0 Å². The van der Waals surface area contributed by atoms with Crippen LogP contribution in [0.1, 0.15) is 30.6 Å². The highest BCUT2D eigenvalue weighted by atomic mass is 32.2. The lowest BCUT2D eigenvalue weighted by Crippen LogP contribution is -2.00. The maximum absolute atomic E-state index is 5.87. The molecule has 1 fully saturated rings. The Hall–Kier alpha value is -0.630. The van der Waals surface area contributed by atoms with Crippen molar-refractivity contribution >= 4 is 11.8 Å². The lowest BCUT2D eigenvalue weighted by molar-refractivity contribution is 0.300. The van der Waals surface area contributed by atoms with Crippen LogP contribution in [-0.4, -0.2) is 12.4 Å². The Kier molecular flexibility index (Phi) is 3.02. The first-order valence-electron chi connectivity index (χ1n) is 5.09. The summed E-state index contributed by atoms with van der Waals surface area (Å²) in [6, 6.07) is 8.38. The van der Waals surface area contributed by atoms with Crippen molar-refractivity contribution in [3.05, 3.63) is 29.8 Å². The van der Waals surface area contributed by atoms with Crippen molar-refractivity contribution in [2.45, 2.75) is 31.1 Å². The molecule has 0 N–H and O–H groups in total. The predicted octanol–water partition coefficient (Wildman–Crippen LogP) is 3.65. The van der Waals surface area contributed by atoms with Crippen LogP contribution in [-0.2, 0) is 0 Å². The summed E-state index contributed by atoms with van der Waals surface area (Å²) in [5.74, 6) is 1.08. The van der Waals surface area contributed by atoms with Crippen molar-refractivity contribution in [1.29, 1.82) is 0 Å². The summed E-state index contributed by atoms with van der Waals surface area (Å²) in [4.78, 5) is 0. The maximum Gasteiger partial charge on any atom is 0.124 e. The number of hydrogen-bond donors (Lipinski definition) is 0. The third kappa shape index (κ3) is 2.24. The average Bonchev–Trinajstić information content (AvgIpc) is 3.01. The number of ether oxygens (including phenoxy) is 1. The maximum atomic E-state index is 5.87. The van der Waals surface area contributed by atoms with Gasteiger partial charge in [0.15, 0.2) is 0 Å². The van der Waals surface area contributed by atoms with Crippen LogP contribution in [0.5, 0.6) is 5.75 Å². The summed E-state index contributed by atoms with van der Waals surface area (Å²) in [7, 11) is 0. The van der Waals surface area contributed by atoms with Gasteiger partial charge in [-0.15, -0.1) is 0 Å². The van der Waals surface area contributed by atoms with Crippen LogP contribution in [0, 0.1) is 0 Å². The van der Waals surface area contributed by atoms with Crippen LogP contribution in [0.15, 0.2) is 24.3 Å². The van der Waals surface area contributed by atoms with Gasteiger partial charge in [0.1, 0.15) is 5.75 Å². The molecule has 14 heavy (non-hydrogen) atoms. The Morgan fingerprint density at radius 2 is 2.07 bits per heavy atom. The summed E-state index contributed by atoms with van der Waals surface area (Å²) in [5.41, 5.74) is 1.33. The summed E-state index contributed by atoms with van der Waals surface area (Å²) in [6.45, 7) is 2.22. The summed E-state index contributed by atoms with van der Waals surface area (Å²) in [6.07, 6.45) is 5.08. The third-order valence-corrected chi connectivity index (χ3v) is 3.49. The highest BCUT2D eigenvalue weighted by Crippen LogP contribution is 2.36. The zero-order valence-electron chi connectivity index (χ0n) is 8.69. The molecule has 1 aliphatic rings. The Morgan fingerprint density at radius 1 is 1.36 bits per heavy atom. The van der Waals surface area contributed by atoms with Gasteiger partial charge < -0.3 is 4.74 Å². The van der Waals surface area contributed by atoms with Crippen LogP contribution in [0.25, 0.3) is 0 Å². The van der Waals surface area contributed by atoms with Crippen molar-refractivity contribution in [3.8, 4) is 5.75 Å². The number of rotatable bonds is 4. The molecule has 1 unspecified atom stereocenters. The summed E-state index contributed by atoms with van der Waals surface area (Å²) >= 11 is 1.86. The number of benzene rings is 1. The molecule has 1 saturated carbocycles. The van der Waals surface area contributed by atoms with Crippen molar-refractivity contribution in [2.75, 3.05) is 6.26 Å². The number of hydrogen-bond acceptors (Lipinski definition) is 2. The number of thioether (sulfide) groups is 1. The van der Waals surface area contributed by atoms with E-state index in [9.17, 15) is 0 Å². The second-order valence-corrected chi connectivity index (χ2v) is 4.91. The molecule has 0 heterocycles. The fourth-order valence-electron chi connectivity index (χ4n) is 1.42. The zero-order valence-corrected chi connectivity index (χ0v) is 9.51. The van der Waals surface area contributed by atoms with Crippen molar-refractivity contribution < 1.29 is 4.74 Å². The topological polar surface area (TPSA) is 9.23 Å². The largest absolute Gasteiger partial charge is 0.490 e. The summed E-state index contributed by atoms with van der Waals surface area (Å²) < 4.78 is 5.87. The molecular weight excluding hydrogens is 192 g/mol. The third-order valence-electron chi connectivity index (χ3n) is 2.53. The molecule has 0 amide bonds. The Labute approximate surface area is 89.9 Å². The first-order valence-corrected chi connectivity index (χ1v) is 6.38. The SMILES string of the molecule is CSC(C)c1ccccc1OC1CC1. The van der Waals surface area contributed by atoms with E-state index in [1.165, 1.54) is 18.4 Å². The van der Waals surface area contributed by atoms with Crippen LogP contribution < -0.4 is 4.74 Å². The van der Waals surface area contributed by atoms with Gasteiger partial charge in [-0.2, -0.15) is 11.8 Å². The highest BCUT2D eigenvalue weighted by molar-refractivity contribution is 7.98. The van der Waals surface area contributed by atoms with E-state index in [0.717, 1.165) is 5.75 Å². The Morgan fingerprint density at radius 3 is 2.71 bits per heavy atom. The van der Waals surface area contributed by atoms with E-state index in [2.05, 4.69) is 31.4 Å². The van der Waals surface area contributed by atoms with Crippen LogP contribution in [0.4, 0.5) is 0 Å². The smallest absolute Gasteiger partial charge is 0.124 e. The van der Waals surface area contributed by atoms with Gasteiger partial charge in [0.05, 0.1) is 6.10 Å². The lowest BCUT2D eigenvalue weighted by atomic mass is 10.1. The first kappa shape index (κ1) is 9.91. The minimum Gasteiger partial charge on any atom is -0.490 e. The minimum atomic E-state index is 0.491. The highest BCUT2D eigenvalue weighted by Gasteiger charge is 2.24. The van der Waals surface area contributed by atoms with Gasteiger partial charge in [0.2, 0.25) is 0 Å². The molecule has 76 valence electrons. The molecular formula is C12H16OS. The molecule has 2 heteroatoms. The van der Waals surface area contributed by atoms with Gasteiger partial charge in [0, 0.05) is 10.8 Å². The normalized spacial score (nSPS) is 17.9. The van der Waals surface area contributed by atoms with Gasteiger partial charge in [0.25, 0.3) is 0 Å². The second-order valence-electron chi connectivity index (χ2n) is 3.73. The van der Waals surface area contributed by atoms with Crippen molar-refractivity contribution in [2.24, 2.45) is 0 Å². The van der Waals surface area contributed by atoms with E-state index in [1.54, 1.807) is 0 Å². The molecule has 2 rings (SSSR count). The van der Waals surface area contributed by atoms with Gasteiger partial charge >= 0.3 is 0 Å². The Balaban J connectivity index is 2.18. The molecule has 1 nitrogen and oxygen atoms in total. The van der Waals surface area contributed by atoms with Crippen LogP contribution in [0.3, 0.4) is 0 Å². The molecule has 1 aromatic rings. The van der Waals surface area contributed by atoms with E-state index in [1.807, 2.05) is 17.8 Å². The molecule has 0 saturated heterocycles. The summed E-state index contributed by atoms with van der Waals surface area (Å²) in [5, 5.41) is 0.518. The zero-order chi connectivity index (χ0) is 9.97. The monoisotopic (exact) mass is 208 g/mol. The van der Waals surface area contributed by atoms with Gasteiger partial charge in [-0.05, 0) is 32.1 Å². The van der Waals surface area contributed by atoms with Gasteiger partial charge in [-0.1, -0.05) is 18.2 Å². The molecule has 0 aromatic heterocycles. The van der Waals surface area contributed by atoms with Crippen molar-refractivity contribution in [1.82, 2.24) is 0 Å². The van der Waals surface area contributed by atoms with E-state index in [0.29, 0.717) is 11.4 Å². The standard InChI is InChI=1S/C12H16OS/c1-9(14-2)11-5-3-4-6-12(11)13-10-7-8-10/h3-6,9-10H,7-8H2,1-2H3. The molecule has 1 aromatic carbocycles. The lowest BCUT2D eigenvalue weighted by Gasteiger charge is -2.14. The van der Waals surface area contributed by atoms with Gasteiger partial charge in [-0.25, -0.2) is 0 Å². The number of para-hydroxylation sites is 1. The van der Waals surface area contributed by atoms with Crippen LogP contribution in [0.2, 0.25) is 0 Å². The predicted molar refractivity (Wildman–Crippen MR) is 62.0 cm³/mol. The van der Waals surface area contributed by atoms with Gasteiger partial charge in [-0.3, -0.25) is 0 Å². The molecule has 0 spiro atoms. The molecule has 0 bridgehead atoms. The van der Waals surface area contributed by atoms with E-state index in [4.69, 9.17) is 4.74 Å². The van der Waals surface area contributed by atoms with Crippen LogP contribution >= 0.6 is 11.8 Å². The molecule has 0 aliphatic heterocycles. The van der Waals surface area contributed by atoms with E-state index in [-0.39, 0.29) is 0 Å². The molecule has 1 aliphatic carbocycles. The fraction of sp³-hybridized carbons (Fsp3) is 0.500. The first-order chi connectivity index (χ1) is 6.81. The fourth-order valence-corrected chi connectivity index (χ4v) is 1.86. The van der Waals surface area contributed by atoms with Crippen molar-refractivity contribution in [3.63, 3.8) is 0 Å². The molecule has 1 atom stereocenters. The second kappa shape index (κ2) is 4.26. The molecule has 0 radical (unpaired) electrons. The minimum absolute atomic E-state index is 0.491. The van der Waals surface area contributed by atoms with E-state index < -0.39 is 0 Å². The average molecular weight is 208 g/mol.